The van der Waals surface area contributed by atoms with E-state index < -0.39 is 5.82 Å². The van der Waals surface area contributed by atoms with Crippen LogP contribution in [0, 0.1) is 5.82 Å². The molecule has 10 heteroatoms. The summed E-state index contributed by atoms with van der Waals surface area (Å²) in [5.74, 6) is -0.534. The molecule has 3 rings (SSSR count). The van der Waals surface area contributed by atoms with E-state index in [0.717, 1.165) is 4.47 Å². The lowest BCUT2D eigenvalue weighted by atomic mass is 10.2. The van der Waals surface area contributed by atoms with Crippen LogP contribution in [-0.2, 0) is 17.9 Å². The quantitative estimate of drug-likeness (QED) is 0.698. The van der Waals surface area contributed by atoms with Crippen molar-refractivity contribution in [3.8, 4) is 0 Å². The normalized spacial score (nSPS) is 10.8. The number of benzene rings is 1. The van der Waals surface area contributed by atoms with Gasteiger partial charge in [-0.05, 0) is 33.6 Å². The van der Waals surface area contributed by atoms with Crippen LogP contribution in [0.1, 0.15) is 5.56 Å². The molecule has 2 heterocycles. The zero-order valence-corrected chi connectivity index (χ0v) is 14.5. The second-order valence-corrected chi connectivity index (χ2v) is 6.23. The lowest BCUT2D eigenvalue weighted by molar-refractivity contribution is -0.116. The monoisotopic (exact) mass is 412 g/mol. The van der Waals surface area contributed by atoms with Gasteiger partial charge in [-0.2, -0.15) is 5.10 Å². The summed E-state index contributed by atoms with van der Waals surface area (Å²) in [7, 11) is 0. The Hall–Kier alpha value is -2.26. The summed E-state index contributed by atoms with van der Waals surface area (Å²) in [6.07, 6.45) is 4.73. The van der Waals surface area contributed by atoms with Gasteiger partial charge in [-0.3, -0.25) is 14.8 Å². The molecule has 0 aliphatic carbocycles. The number of halogens is 3. The van der Waals surface area contributed by atoms with Crippen LogP contribution in [0.3, 0.4) is 0 Å². The number of carbonyl (C=O) groups excluding carboxylic acids is 1. The highest BCUT2D eigenvalue weighted by Crippen LogP contribution is 2.18. The summed E-state index contributed by atoms with van der Waals surface area (Å²) in [5, 5.41) is 11.0. The van der Waals surface area contributed by atoms with Crippen LogP contribution in [0.15, 0.2) is 41.4 Å². The van der Waals surface area contributed by atoms with Crippen molar-refractivity contribution in [1.29, 1.82) is 0 Å². The van der Waals surface area contributed by atoms with E-state index in [-0.39, 0.29) is 18.4 Å². The lowest BCUT2D eigenvalue weighted by Crippen LogP contribution is -2.19. The van der Waals surface area contributed by atoms with E-state index in [2.05, 4.69) is 36.4 Å². The second-order valence-electron chi connectivity index (χ2n) is 4.91. The number of nitrogens with zero attached hydrogens (tertiary/aromatic N) is 5. The minimum Gasteiger partial charge on any atom is -0.292 e. The number of rotatable bonds is 5. The Balaban J connectivity index is 1.61. The minimum absolute atomic E-state index is 0.0456. The van der Waals surface area contributed by atoms with Gasteiger partial charge in [0.1, 0.15) is 18.7 Å². The number of hydrogen-bond donors (Lipinski definition) is 1. The molecular formula is C14H11BrClFN6O. The second kappa shape index (κ2) is 7.10. The molecule has 0 saturated carbocycles. The highest BCUT2D eigenvalue weighted by Gasteiger charge is 2.09. The van der Waals surface area contributed by atoms with E-state index in [4.69, 9.17) is 11.6 Å². The van der Waals surface area contributed by atoms with Crippen LogP contribution in [0.4, 0.5) is 10.3 Å². The van der Waals surface area contributed by atoms with Crippen molar-refractivity contribution in [3.05, 3.63) is 57.8 Å². The molecule has 1 N–H and O–H groups in total. The molecule has 24 heavy (non-hydrogen) atoms. The summed E-state index contributed by atoms with van der Waals surface area (Å²) in [4.78, 5) is 15.9. The maximum atomic E-state index is 13.0. The number of aromatic nitrogens is 5. The van der Waals surface area contributed by atoms with Gasteiger partial charge in [0.15, 0.2) is 0 Å². The van der Waals surface area contributed by atoms with Gasteiger partial charge in [0.05, 0.1) is 17.2 Å². The predicted molar refractivity (Wildman–Crippen MR) is 89.1 cm³/mol. The van der Waals surface area contributed by atoms with Gasteiger partial charge in [-0.1, -0.05) is 17.7 Å². The molecule has 0 aliphatic rings. The van der Waals surface area contributed by atoms with E-state index >= 15 is 0 Å². The third kappa shape index (κ3) is 4.18. The minimum atomic E-state index is -0.402. The molecule has 0 aliphatic heterocycles. The van der Waals surface area contributed by atoms with Gasteiger partial charge in [-0.25, -0.2) is 14.1 Å². The highest BCUT2D eigenvalue weighted by molar-refractivity contribution is 9.10. The molecule has 0 fully saturated rings. The molecule has 7 nitrogen and oxygen atoms in total. The van der Waals surface area contributed by atoms with Gasteiger partial charge in [0, 0.05) is 11.2 Å². The molecule has 2 aromatic heterocycles. The van der Waals surface area contributed by atoms with Gasteiger partial charge in [0.2, 0.25) is 11.9 Å². The maximum absolute atomic E-state index is 13.0. The first kappa shape index (κ1) is 16.6. The van der Waals surface area contributed by atoms with Gasteiger partial charge in [-0.15, -0.1) is 5.10 Å². The molecule has 0 radical (unpaired) electrons. The summed E-state index contributed by atoms with van der Waals surface area (Å²) in [6, 6.07) is 4.13. The zero-order valence-electron chi connectivity index (χ0n) is 12.2. The van der Waals surface area contributed by atoms with Crippen LogP contribution in [0.25, 0.3) is 0 Å². The first-order chi connectivity index (χ1) is 11.5. The van der Waals surface area contributed by atoms with Crippen molar-refractivity contribution in [2.75, 3.05) is 5.32 Å². The van der Waals surface area contributed by atoms with Crippen molar-refractivity contribution in [1.82, 2.24) is 24.5 Å². The van der Waals surface area contributed by atoms with Crippen molar-refractivity contribution >= 4 is 39.4 Å². The van der Waals surface area contributed by atoms with E-state index in [1.807, 2.05) is 0 Å². The van der Waals surface area contributed by atoms with Crippen LogP contribution in [-0.4, -0.2) is 30.5 Å². The maximum Gasteiger partial charge on any atom is 0.248 e. The molecule has 0 atom stereocenters. The summed E-state index contributed by atoms with van der Waals surface area (Å²) < 4.78 is 16.8. The van der Waals surface area contributed by atoms with Crippen molar-refractivity contribution in [2.45, 2.75) is 13.1 Å². The molecule has 0 unspecified atom stereocenters. The first-order valence-electron chi connectivity index (χ1n) is 6.81. The number of anilines is 1. The third-order valence-electron chi connectivity index (χ3n) is 3.04. The topological polar surface area (TPSA) is 77.6 Å². The summed E-state index contributed by atoms with van der Waals surface area (Å²) >= 11 is 9.23. The first-order valence-corrected chi connectivity index (χ1v) is 7.98. The Morgan fingerprint density at radius 2 is 2.21 bits per heavy atom. The SMILES string of the molecule is O=C(Cn1cc(Br)cn1)Nc1ncn(Cc2ccc(F)cc2Cl)n1. The zero-order chi connectivity index (χ0) is 17.1. The van der Waals surface area contributed by atoms with E-state index in [9.17, 15) is 9.18 Å². The van der Waals surface area contributed by atoms with Crippen molar-refractivity contribution < 1.29 is 9.18 Å². The Morgan fingerprint density at radius 1 is 1.38 bits per heavy atom. The largest absolute Gasteiger partial charge is 0.292 e. The summed E-state index contributed by atoms with van der Waals surface area (Å²) in [6.45, 7) is 0.359. The van der Waals surface area contributed by atoms with Gasteiger partial charge >= 0.3 is 0 Å². The molecule has 0 saturated heterocycles. The number of hydrogen-bond acceptors (Lipinski definition) is 4. The van der Waals surface area contributed by atoms with Crippen LogP contribution >= 0.6 is 27.5 Å². The fraction of sp³-hybridized carbons (Fsp3) is 0.143. The Bertz CT molecular complexity index is 880. The smallest absolute Gasteiger partial charge is 0.248 e. The molecule has 1 amide bonds. The lowest BCUT2D eigenvalue weighted by Gasteiger charge is -2.04. The fourth-order valence-electron chi connectivity index (χ4n) is 1.99. The van der Waals surface area contributed by atoms with E-state index in [0.29, 0.717) is 17.1 Å². The van der Waals surface area contributed by atoms with Crippen molar-refractivity contribution in [3.63, 3.8) is 0 Å². The van der Waals surface area contributed by atoms with Crippen molar-refractivity contribution in [2.24, 2.45) is 0 Å². The standard InChI is InChI=1S/C14H11BrClFN6O/c15-10-4-19-22(6-10)7-13(24)20-14-18-8-23(21-14)5-9-1-2-11(17)3-12(9)16/h1-4,6,8H,5,7H2,(H,20,21,24). The Morgan fingerprint density at radius 3 is 2.92 bits per heavy atom. The predicted octanol–water partition coefficient (Wildman–Crippen LogP) is 2.72. The fourth-order valence-corrected chi connectivity index (χ4v) is 2.54. The van der Waals surface area contributed by atoms with E-state index in [1.54, 1.807) is 18.5 Å². The Kier molecular flexibility index (Phi) is 4.91. The molecule has 1 aromatic carbocycles. The molecule has 0 bridgehead atoms. The molecular weight excluding hydrogens is 403 g/mol. The number of nitrogens with one attached hydrogen (secondary N) is 1. The van der Waals surface area contributed by atoms with E-state index in [1.165, 1.54) is 27.8 Å². The number of amides is 1. The highest BCUT2D eigenvalue weighted by atomic mass is 79.9. The van der Waals surface area contributed by atoms with Gasteiger partial charge < -0.3 is 0 Å². The number of carbonyl (C=O) groups is 1. The molecule has 3 aromatic rings. The third-order valence-corrected chi connectivity index (χ3v) is 3.80. The van der Waals surface area contributed by atoms with Crippen LogP contribution in [0.2, 0.25) is 5.02 Å². The van der Waals surface area contributed by atoms with Crippen LogP contribution < -0.4 is 5.32 Å². The molecule has 124 valence electrons. The molecule has 0 spiro atoms. The Labute approximate surface area is 149 Å². The average molecular weight is 414 g/mol. The average Bonchev–Trinajstić information content (AvgIpc) is 3.11. The summed E-state index contributed by atoms with van der Waals surface area (Å²) in [5.41, 5.74) is 0.697. The van der Waals surface area contributed by atoms with Gasteiger partial charge in [0.25, 0.3) is 0 Å². The van der Waals surface area contributed by atoms with Crippen LogP contribution in [0.5, 0.6) is 0 Å².